The summed E-state index contributed by atoms with van der Waals surface area (Å²) in [6.45, 7) is 2.83. The van der Waals surface area contributed by atoms with Crippen molar-refractivity contribution in [2.24, 2.45) is 0 Å². The molecule has 0 unspecified atom stereocenters. The summed E-state index contributed by atoms with van der Waals surface area (Å²) < 4.78 is 5.60. The maximum Gasteiger partial charge on any atom is 0.260 e. The summed E-state index contributed by atoms with van der Waals surface area (Å²) in [4.78, 5) is 13.9. The first-order valence-electron chi connectivity index (χ1n) is 8.04. The molecule has 4 heteroatoms. The van der Waals surface area contributed by atoms with Crippen molar-refractivity contribution in [3.8, 4) is 5.75 Å². The molecule has 0 spiro atoms. The number of piperidine rings is 1. The van der Waals surface area contributed by atoms with E-state index in [9.17, 15) is 4.79 Å². The Morgan fingerprint density at radius 1 is 1.14 bits per heavy atom. The number of amides is 1. The van der Waals surface area contributed by atoms with Gasteiger partial charge in [0.2, 0.25) is 0 Å². The van der Waals surface area contributed by atoms with Crippen molar-refractivity contribution < 1.29 is 9.53 Å². The normalized spacial score (nSPS) is 18.6. The van der Waals surface area contributed by atoms with Crippen molar-refractivity contribution in [2.45, 2.75) is 44.7 Å². The third-order valence-electron chi connectivity index (χ3n) is 4.17. The Labute approximate surface area is 126 Å². The highest BCUT2D eigenvalue weighted by molar-refractivity contribution is 5.77. The second kappa shape index (κ2) is 6.94. The van der Waals surface area contributed by atoms with Crippen molar-refractivity contribution in [3.63, 3.8) is 0 Å². The zero-order valence-corrected chi connectivity index (χ0v) is 12.5. The fourth-order valence-corrected chi connectivity index (χ4v) is 2.63. The molecule has 1 aliphatic carbocycles. The maximum atomic E-state index is 12.0. The Morgan fingerprint density at radius 2 is 1.86 bits per heavy atom. The summed E-state index contributed by atoms with van der Waals surface area (Å²) in [7, 11) is 0. The van der Waals surface area contributed by atoms with Crippen LogP contribution in [0.5, 0.6) is 5.75 Å². The summed E-state index contributed by atoms with van der Waals surface area (Å²) in [6.07, 6.45) is 6.09. The molecule has 1 aromatic carbocycles. The van der Waals surface area contributed by atoms with Gasteiger partial charge in [0, 0.05) is 25.7 Å². The Morgan fingerprint density at radius 3 is 2.52 bits per heavy atom. The van der Waals surface area contributed by atoms with E-state index in [1.165, 1.54) is 24.8 Å². The van der Waals surface area contributed by atoms with Crippen LogP contribution in [0.15, 0.2) is 24.3 Å². The van der Waals surface area contributed by atoms with Gasteiger partial charge in [-0.3, -0.25) is 4.79 Å². The van der Waals surface area contributed by atoms with Gasteiger partial charge in [-0.25, -0.2) is 0 Å². The van der Waals surface area contributed by atoms with E-state index < -0.39 is 0 Å². The first kappa shape index (κ1) is 14.4. The van der Waals surface area contributed by atoms with Gasteiger partial charge in [-0.05, 0) is 49.8 Å². The maximum absolute atomic E-state index is 12.0. The monoisotopic (exact) mass is 288 g/mol. The van der Waals surface area contributed by atoms with Crippen LogP contribution in [-0.2, 0) is 11.3 Å². The molecule has 1 saturated heterocycles. The van der Waals surface area contributed by atoms with Gasteiger partial charge in [-0.2, -0.15) is 0 Å². The van der Waals surface area contributed by atoms with Gasteiger partial charge < -0.3 is 15.0 Å². The predicted octanol–water partition coefficient (Wildman–Crippen LogP) is 2.33. The predicted molar refractivity (Wildman–Crippen MR) is 82.2 cm³/mol. The van der Waals surface area contributed by atoms with Crippen molar-refractivity contribution in [1.29, 1.82) is 0 Å². The van der Waals surface area contributed by atoms with Crippen molar-refractivity contribution >= 4 is 5.91 Å². The fourth-order valence-electron chi connectivity index (χ4n) is 2.63. The molecule has 0 aromatic heterocycles. The number of nitrogens with one attached hydrogen (secondary N) is 1. The Bertz CT molecular complexity index is 462. The number of benzene rings is 1. The van der Waals surface area contributed by atoms with Gasteiger partial charge in [0.1, 0.15) is 5.75 Å². The minimum atomic E-state index is 0.106. The van der Waals surface area contributed by atoms with Crippen LogP contribution in [0.1, 0.15) is 37.7 Å². The van der Waals surface area contributed by atoms with E-state index in [0.29, 0.717) is 0 Å². The highest BCUT2D eigenvalue weighted by atomic mass is 16.5. The van der Waals surface area contributed by atoms with Gasteiger partial charge in [-0.15, -0.1) is 0 Å². The molecule has 3 rings (SSSR count). The van der Waals surface area contributed by atoms with Crippen LogP contribution in [0.3, 0.4) is 0 Å². The molecule has 1 saturated carbocycles. The third-order valence-corrected chi connectivity index (χ3v) is 4.17. The van der Waals surface area contributed by atoms with Gasteiger partial charge in [0.15, 0.2) is 6.61 Å². The summed E-state index contributed by atoms with van der Waals surface area (Å²) in [5, 5.41) is 3.48. The zero-order chi connectivity index (χ0) is 14.5. The van der Waals surface area contributed by atoms with E-state index in [1.54, 1.807) is 0 Å². The highest BCUT2D eigenvalue weighted by Gasteiger charge is 2.20. The van der Waals surface area contributed by atoms with Crippen molar-refractivity contribution in [2.75, 3.05) is 19.7 Å². The Balaban J connectivity index is 1.42. The highest BCUT2D eigenvalue weighted by Crippen LogP contribution is 2.20. The number of hydrogen-bond acceptors (Lipinski definition) is 3. The minimum Gasteiger partial charge on any atom is -0.484 e. The van der Waals surface area contributed by atoms with Crippen LogP contribution in [0.25, 0.3) is 0 Å². The summed E-state index contributed by atoms with van der Waals surface area (Å²) in [5.74, 6) is 0.879. The van der Waals surface area contributed by atoms with Gasteiger partial charge in [-0.1, -0.05) is 12.1 Å². The first-order chi connectivity index (χ1) is 10.3. The van der Waals surface area contributed by atoms with E-state index in [-0.39, 0.29) is 12.5 Å². The SMILES string of the molecule is O=C(COc1ccc(CNC2CC2)cc1)N1CCCCC1. The number of nitrogens with zero attached hydrogens (tertiary/aromatic N) is 1. The molecular formula is C17H24N2O2. The summed E-state index contributed by atoms with van der Waals surface area (Å²) >= 11 is 0. The van der Waals surface area contributed by atoms with Crippen LogP contribution < -0.4 is 10.1 Å². The third kappa shape index (κ3) is 4.46. The number of carbonyl (C=O) groups is 1. The lowest BCUT2D eigenvalue weighted by Crippen LogP contribution is -2.38. The smallest absolute Gasteiger partial charge is 0.260 e. The molecule has 0 bridgehead atoms. The molecule has 0 radical (unpaired) electrons. The van der Waals surface area contributed by atoms with Crippen molar-refractivity contribution in [1.82, 2.24) is 10.2 Å². The van der Waals surface area contributed by atoms with Crippen LogP contribution in [0.4, 0.5) is 0 Å². The molecule has 1 N–H and O–H groups in total. The topological polar surface area (TPSA) is 41.6 Å². The molecular weight excluding hydrogens is 264 g/mol. The lowest BCUT2D eigenvalue weighted by Gasteiger charge is -2.26. The minimum absolute atomic E-state index is 0.106. The second-order valence-electron chi connectivity index (χ2n) is 6.03. The molecule has 2 aliphatic rings. The van der Waals surface area contributed by atoms with Crippen LogP contribution in [0.2, 0.25) is 0 Å². The number of hydrogen-bond donors (Lipinski definition) is 1. The quantitative estimate of drug-likeness (QED) is 0.873. The lowest BCUT2D eigenvalue weighted by molar-refractivity contribution is -0.134. The Hall–Kier alpha value is -1.55. The fraction of sp³-hybridized carbons (Fsp3) is 0.588. The van der Waals surface area contributed by atoms with Crippen LogP contribution in [-0.4, -0.2) is 36.5 Å². The van der Waals surface area contributed by atoms with E-state index in [1.807, 2.05) is 17.0 Å². The lowest BCUT2D eigenvalue weighted by atomic mass is 10.1. The van der Waals surface area contributed by atoms with Crippen LogP contribution in [0, 0.1) is 0 Å². The first-order valence-corrected chi connectivity index (χ1v) is 8.04. The van der Waals surface area contributed by atoms with Crippen LogP contribution >= 0.6 is 0 Å². The van der Waals surface area contributed by atoms with E-state index in [4.69, 9.17) is 4.74 Å². The van der Waals surface area contributed by atoms with E-state index in [2.05, 4.69) is 17.4 Å². The number of likely N-dealkylation sites (tertiary alicyclic amines) is 1. The molecule has 1 aromatic rings. The summed E-state index contributed by atoms with van der Waals surface area (Å²) in [6, 6.07) is 8.76. The number of rotatable bonds is 6. The molecule has 1 amide bonds. The number of ether oxygens (including phenoxy) is 1. The zero-order valence-electron chi connectivity index (χ0n) is 12.5. The van der Waals surface area contributed by atoms with Gasteiger partial charge in [0.05, 0.1) is 0 Å². The molecule has 2 fully saturated rings. The molecule has 4 nitrogen and oxygen atoms in total. The van der Waals surface area contributed by atoms with E-state index in [0.717, 1.165) is 44.3 Å². The Kier molecular flexibility index (Phi) is 4.76. The van der Waals surface area contributed by atoms with Gasteiger partial charge in [0.25, 0.3) is 5.91 Å². The average Bonchev–Trinajstić information content (AvgIpc) is 3.37. The van der Waals surface area contributed by atoms with Gasteiger partial charge >= 0.3 is 0 Å². The molecule has 21 heavy (non-hydrogen) atoms. The molecule has 1 aliphatic heterocycles. The molecule has 1 heterocycles. The standard InChI is InChI=1S/C17H24N2O2/c20-17(19-10-2-1-3-11-19)13-21-16-8-4-14(5-9-16)12-18-15-6-7-15/h4-5,8-9,15,18H,1-3,6-7,10-13H2. The van der Waals surface area contributed by atoms with E-state index >= 15 is 0 Å². The molecule has 0 atom stereocenters. The molecule has 114 valence electrons. The largest absolute Gasteiger partial charge is 0.484 e. The summed E-state index contributed by atoms with van der Waals surface area (Å²) in [5.41, 5.74) is 1.26. The second-order valence-corrected chi connectivity index (χ2v) is 6.03. The number of carbonyl (C=O) groups excluding carboxylic acids is 1. The average molecular weight is 288 g/mol. The van der Waals surface area contributed by atoms with Crippen molar-refractivity contribution in [3.05, 3.63) is 29.8 Å².